The van der Waals surface area contributed by atoms with Crippen LogP contribution in [0, 0.1) is 0 Å². The van der Waals surface area contributed by atoms with Crippen LogP contribution in [0.3, 0.4) is 0 Å². The molecular weight excluding hydrogens is 152 g/mol. The summed E-state index contributed by atoms with van der Waals surface area (Å²) in [4.78, 5) is 10.6. The molecule has 0 aromatic heterocycles. The predicted octanol–water partition coefficient (Wildman–Crippen LogP) is -1.99. The van der Waals surface area contributed by atoms with Crippen molar-refractivity contribution in [2.75, 3.05) is 0 Å². The molecule has 1 heterocycles. The number of cyclic esters (lactones) is 1. The van der Waals surface area contributed by atoms with Crippen LogP contribution in [0.5, 0.6) is 0 Å². The van der Waals surface area contributed by atoms with Crippen molar-refractivity contribution in [1.82, 2.24) is 0 Å². The van der Waals surface area contributed by atoms with E-state index in [1.54, 1.807) is 0 Å². The molecule has 5 nitrogen and oxygen atoms in total. The highest BCUT2D eigenvalue weighted by atomic mass is 16.6. The quantitative estimate of drug-likeness (QED) is 0.389. The van der Waals surface area contributed by atoms with Gasteiger partial charge in [-0.25, -0.2) is 4.79 Å². The summed E-state index contributed by atoms with van der Waals surface area (Å²) in [6.45, 7) is 1.37. The zero-order valence-corrected chi connectivity index (χ0v) is 5.97. The van der Waals surface area contributed by atoms with Gasteiger partial charge in [0.25, 0.3) is 0 Å². The van der Waals surface area contributed by atoms with Crippen LogP contribution >= 0.6 is 0 Å². The monoisotopic (exact) mass is 162 g/mol. The van der Waals surface area contributed by atoms with E-state index in [1.165, 1.54) is 6.92 Å². The van der Waals surface area contributed by atoms with Gasteiger partial charge in [0, 0.05) is 0 Å². The Bertz CT molecular complexity index is 166. The predicted molar refractivity (Wildman–Crippen MR) is 33.6 cm³/mol. The Morgan fingerprint density at radius 3 is 2.27 bits per heavy atom. The Labute approximate surface area is 63.2 Å². The molecule has 0 spiro atoms. The van der Waals surface area contributed by atoms with E-state index in [4.69, 9.17) is 15.3 Å². The Kier molecular flexibility index (Phi) is 2.12. The number of aliphatic hydroxyl groups excluding tert-OH is 3. The average Bonchev–Trinajstić information content (AvgIpc) is 2.17. The fourth-order valence-electron chi connectivity index (χ4n) is 0.976. The molecule has 1 saturated heterocycles. The van der Waals surface area contributed by atoms with Crippen molar-refractivity contribution >= 4 is 5.97 Å². The van der Waals surface area contributed by atoms with Crippen LogP contribution in [0.15, 0.2) is 0 Å². The lowest BCUT2D eigenvalue weighted by Gasteiger charge is -2.15. The first-order valence-electron chi connectivity index (χ1n) is 3.28. The summed E-state index contributed by atoms with van der Waals surface area (Å²) in [5.41, 5.74) is 0. The molecule has 0 amide bonds. The van der Waals surface area contributed by atoms with E-state index in [9.17, 15) is 4.79 Å². The second kappa shape index (κ2) is 2.77. The van der Waals surface area contributed by atoms with Crippen LogP contribution in [0.2, 0.25) is 0 Å². The van der Waals surface area contributed by atoms with E-state index in [0.29, 0.717) is 0 Å². The van der Waals surface area contributed by atoms with E-state index in [0.717, 1.165) is 0 Å². The summed E-state index contributed by atoms with van der Waals surface area (Å²) in [5.74, 6) is -0.886. The second-order valence-corrected chi connectivity index (χ2v) is 2.58. The molecule has 0 saturated carbocycles. The summed E-state index contributed by atoms with van der Waals surface area (Å²) >= 11 is 0. The molecule has 1 aliphatic rings. The van der Waals surface area contributed by atoms with E-state index in [2.05, 4.69) is 4.74 Å². The summed E-state index contributed by atoms with van der Waals surface area (Å²) < 4.78 is 4.46. The van der Waals surface area contributed by atoms with Crippen molar-refractivity contribution in [3.8, 4) is 0 Å². The summed E-state index contributed by atoms with van der Waals surface area (Å²) in [7, 11) is 0. The van der Waals surface area contributed by atoms with Gasteiger partial charge in [0.05, 0.1) is 6.10 Å². The molecule has 5 heteroatoms. The second-order valence-electron chi connectivity index (χ2n) is 2.58. The first-order chi connectivity index (χ1) is 5.04. The summed E-state index contributed by atoms with van der Waals surface area (Å²) in [6, 6.07) is 0. The lowest BCUT2D eigenvalue weighted by molar-refractivity contribution is -0.150. The largest absolute Gasteiger partial charge is 0.455 e. The lowest BCUT2D eigenvalue weighted by atomic mass is 10.1. The van der Waals surface area contributed by atoms with Gasteiger partial charge >= 0.3 is 5.97 Å². The Balaban J connectivity index is 2.67. The third-order valence-corrected chi connectivity index (χ3v) is 1.63. The molecular formula is C6H10O5. The number of rotatable bonds is 1. The van der Waals surface area contributed by atoms with Crippen LogP contribution in [-0.2, 0) is 9.53 Å². The van der Waals surface area contributed by atoms with Gasteiger partial charge in [-0.2, -0.15) is 0 Å². The number of hydrogen-bond acceptors (Lipinski definition) is 5. The molecule has 3 N–H and O–H groups in total. The lowest BCUT2D eigenvalue weighted by Crippen LogP contribution is -2.37. The van der Waals surface area contributed by atoms with Gasteiger partial charge in [0.2, 0.25) is 0 Å². The van der Waals surface area contributed by atoms with Gasteiger partial charge in [0.1, 0.15) is 6.10 Å². The van der Waals surface area contributed by atoms with Crippen LogP contribution in [0.1, 0.15) is 6.92 Å². The van der Waals surface area contributed by atoms with Crippen LogP contribution < -0.4 is 0 Å². The first-order valence-corrected chi connectivity index (χ1v) is 3.28. The Hall–Kier alpha value is -0.650. The van der Waals surface area contributed by atoms with Gasteiger partial charge in [-0.3, -0.25) is 0 Å². The third-order valence-electron chi connectivity index (χ3n) is 1.63. The molecule has 0 aromatic rings. The number of aliphatic hydroxyl groups is 3. The minimum Gasteiger partial charge on any atom is -0.455 e. The molecule has 1 fully saturated rings. The van der Waals surface area contributed by atoms with Crippen molar-refractivity contribution < 1.29 is 24.9 Å². The maximum absolute atomic E-state index is 10.6. The fourth-order valence-corrected chi connectivity index (χ4v) is 0.976. The minimum absolute atomic E-state index is 0.886. The van der Waals surface area contributed by atoms with Gasteiger partial charge < -0.3 is 20.1 Å². The molecule has 0 aromatic carbocycles. The third kappa shape index (κ3) is 1.35. The number of ether oxygens (including phenoxy) is 1. The number of esters is 1. The zero-order valence-electron chi connectivity index (χ0n) is 5.97. The highest BCUT2D eigenvalue weighted by molar-refractivity contribution is 5.77. The number of carbonyl (C=O) groups is 1. The van der Waals surface area contributed by atoms with Gasteiger partial charge in [0.15, 0.2) is 12.2 Å². The standard InChI is InChI=1S/C6H10O5/c1-2(7)5-3(8)4(9)6(10)11-5/h2-5,7-9H,1H3/t2-,3?,4?,5+/m1/s1. The van der Waals surface area contributed by atoms with Crippen LogP contribution in [0.4, 0.5) is 0 Å². The van der Waals surface area contributed by atoms with Crippen molar-refractivity contribution in [3.63, 3.8) is 0 Å². The maximum Gasteiger partial charge on any atom is 0.338 e. The van der Waals surface area contributed by atoms with E-state index >= 15 is 0 Å². The normalized spacial score (nSPS) is 40.4. The Morgan fingerprint density at radius 2 is 2.09 bits per heavy atom. The molecule has 2 unspecified atom stereocenters. The van der Waals surface area contributed by atoms with Crippen molar-refractivity contribution in [2.45, 2.75) is 31.3 Å². The average molecular weight is 162 g/mol. The van der Waals surface area contributed by atoms with E-state index in [1.807, 2.05) is 0 Å². The highest BCUT2D eigenvalue weighted by Crippen LogP contribution is 2.18. The van der Waals surface area contributed by atoms with E-state index < -0.39 is 30.4 Å². The molecule has 11 heavy (non-hydrogen) atoms. The topological polar surface area (TPSA) is 87.0 Å². The van der Waals surface area contributed by atoms with Gasteiger partial charge in [-0.1, -0.05) is 0 Å². The minimum atomic E-state index is -1.52. The van der Waals surface area contributed by atoms with Crippen LogP contribution in [-0.4, -0.2) is 45.7 Å². The molecule has 1 rings (SSSR count). The first kappa shape index (κ1) is 8.45. The molecule has 0 radical (unpaired) electrons. The molecule has 0 aliphatic carbocycles. The molecule has 4 atom stereocenters. The summed E-state index contributed by atoms with van der Waals surface area (Å²) in [6.07, 6.45) is -4.80. The van der Waals surface area contributed by atoms with Crippen molar-refractivity contribution in [2.24, 2.45) is 0 Å². The van der Waals surface area contributed by atoms with Gasteiger partial charge in [-0.05, 0) is 6.92 Å². The summed E-state index contributed by atoms with van der Waals surface area (Å²) in [5, 5.41) is 26.8. The van der Waals surface area contributed by atoms with Crippen molar-refractivity contribution in [1.29, 1.82) is 0 Å². The fraction of sp³-hybridized carbons (Fsp3) is 0.833. The smallest absolute Gasteiger partial charge is 0.338 e. The van der Waals surface area contributed by atoms with Gasteiger partial charge in [-0.15, -0.1) is 0 Å². The van der Waals surface area contributed by atoms with Crippen LogP contribution in [0.25, 0.3) is 0 Å². The zero-order chi connectivity index (χ0) is 8.59. The number of hydrogen-bond donors (Lipinski definition) is 3. The number of carbonyl (C=O) groups excluding carboxylic acids is 1. The molecule has 0 bridgehead atoms. The maximum atomic E-state index is 10.6. The molecule has 64 valence electrons. The SMILES string of the molecule is C[C@@H](O)[C@@H]1OC(=O)C(O)C1O. The molecule has 1 aliphatic heterocycles. The van der Waals surface area contributed by atoms with Crippen molar-refractivity contribution in [3.05, 3.63) is 0 Å². The highest BCUT2D eigenvalue weighted by Gasteiger charge is 2.44. The Morgan fingerprint density at radius 1 is 1.55 bits per heavy atom. The van der Waals surface area contributed by atoms with E-state index in [-0.39, 0.29) is 0 Å².